The Morgan fingerprint density at radius 3 is 2.52 bits per heavy atom. The lowest BCUT2D eigenvalue weighted by molar-refractivity contribution is -0.274. The average molecular weight is 449 g/mol. The van der Waals surface area contributed by atoms with Gasteiger partial charge in [0.05, 0.1) is 5.69 Å². The lowest BCUT2D eigenvalue weighted by atomic mass is 10.2. The van der Waals surface area contributed by atoms with Crippen molar-refractivity contribution in [3.63, 3.8) is 0 Å². The van der Waals surface area contributed by atoms with E-state index < -0.39 is 6.36 Å². The van der Waals surface area contributed by atoms with Crippen LogP contribution in [0.4, 0.5) is 18.9 Å². The Morgan fingerprint density at radius 1 is 1.28 bits per heavy atom. The van der Waals surface area contributed by atoms with Crippen molar-refractivity contribution in [2.24, 2.45) is 0 Å². The van der Waals surface area contributed by atoms with E-state index in [4.69, 9.17) is 12.2 Å². The van der Waals surface area contributed by atoms with Crippen LogP contribution in [0.5, 0.6) is 5.75 Å². The summed E-state index contributed by atoms with van der Waals surface area (Å²) in [7, 11) is 0. The summed E-state index contributed by atoms with van der Waals surface area (Å²) in [4.78, 5) is 14.6. The van der Waals surface area contributed by atoms with Gasteiger partial charge in [0, 0.05) is 14.7 Å². The summed E-state index contributed by atoms with van der Waals surface area (Å²) in [6, 6.07) is 6.75. The van der Waals surface area contributed by atoms with E-state index in [1.807, 2.05) is 11.4 Å². The zero-order valence-corrected chi connectivity index (χ0v) is 15.4. The maximum Gasteiger partial charge on any atom is 0.573 e. The summed E-state index contributed by atoms with van der Waals surface area (Å²) in [5, 5.41) is 4.84. The second-order valence-corrected chi connectivity index (χ2v) is 7.08. The standard InChI is InChI=1S/C15H8BrF3N2O2S2/c16-8-5-11(25-7-8)6-12-13(22)21(14(24)20-12)9-1-3-10(4-2-9)23-15(17,18)19/h1-7H,(H,20,24)/b12-6-. The number of hydrogen-bond acceptors (Lipinski definition) is 4. The molecule has 1 aliphatic rings. The number of rotatable bonds is 3. The number of halogens is 4. The molecule has 2 aromatic rings. The molecule has 1 N–H and O–H groups in total. The lowest BCUT2D eigenvalue weighted by Gasteiger charge is -2.15. The average Bonchev–Trinajstić information content (AvgIpc) is 3.03. The SMILES string of the molecule is O=C1/C(=C/c2cc(Br)cs2)NC(=S)N1c1ccc(OC(F)(F)F)cc1. The molecule has 1 fully saturated rings. The van der Waals surface area contributed by atoms with Gasteiger partial charge in [-0.2, -0.15) is 0 Å². The number of carbonyl (C=O) groups is 1. The Bertz CT molecular complexity index is 862. The molecule has 0 atom stereocenters. The molecular formula is C15H8BrF3N2O2S2. The molecule has 0 spiro atoms. The Kier molecular flexibility index (Phi) is 4.85. The molecular weight excluding hydrogens is 441 g/mol. The van der Waals surface area contributed by atoms with Crippen LogP contribution in [-0.2, 0) is 4.79 Å². The molecule has 0 radical (unpaired) electrons. The van der Waals surface area contributed by atoms with Crippen LogP contribution in [-0.4, -0.2) is 17.4 Å². The molecule has 10 heteroatoms. The second kappa shape index (κ2) is 6.77. The van der Waals surface area contributed by atoms with Crippen LogP contribution in [0.1, 0.15) is 4.88 Å². The largest absolute Gasteiger partial charge is 0.573 e. The van der Waals surface area contributed by atoms with Gasteiger partial charge in [-0.05, 0) is 64.6 Å². The Labute approximate surface area is 158 Å². The van der Waals surface area contributed by atoms with E-state index in [-0.39, 0.29) is 22.5 Å². The normalized spacial score (nSPS) is 16.5. The molecule has 1 aliphatic heterocycles. The first-order valence-electron chi connectivity index (χ1n) is 6.70. The van der Waals surface area contributed by atoms with Crippen molar-refractivity contribution in [3.05, 3.63) is 50.8 Å². The first-order chi connectivity index (χ1) is 11.7. The van der Waals surface area contributed by atoms with E-state index in [1.54, 1.807) is 6.08 Å². The van der Waals surface area contributed by atoms with Gasteiger partial charge in [-0.15, -0.1) is 24.5 Å². The fourth-order valence-corrected chi connectivity index (χ4v) is 3.79. The van der Waals surface area contributed by atoms with Crippen LogP contribution >= 0.6 is 39.5 Å². The van der Waals surface area contributed by atoms with Crippen LogP contribution in [0.25, 0.3) is 6.08 Å². The van der Waals surface area contributed by atoms with Crippen molar-refractivity contribution in [1.29, 1.82) is 0 Å². The molecule has 0 bridgehead atoms. The van der Waals surface area contributed by atoms with Crippen LogP contribution in [0.15, 0.2) is 45.9 Å². The highest BCUT2D eigenvalue weighted by Gasteiger charge is 2.33. The highest BCUT2D eigenvalue weighted by molar-refractivity contribution is 9.10. The van der Waals surface area contributed by atoms with Crippen LogP contribution < -0.4 is 15.0 Å². The maximum absolute atomic E-state index is 12.5. The van der Waals surface area contributed by atoms with Gasteiger partial charge < -0.3 is 10.1 Å². The molecule has 2 heterocycles. The summed E-state index contributed by atoms with van der Waals surface area (Å²) < 4.78 is 41.3. The monoisotopic (exact) mass is 448 g/mol. The fourth-order valence-electron chi connectivity index (χ4n) is 2.11. The molecule has 4 nitrogen and oxygen atoms in total. The number of thiocarbonyl (C=S) groups is 1. The van der Waals surface area contributed by atoms with E-state index in [9.17, 15) is 18.0 Å². The number of amides is 1. The first kappa shape index (κ1) is 17.9. The molecule has 25 heavy (non-hydrogen) atoms. The number of ether oxygens (including phenoxy) is 1. The minimum Gasteiger partial charge on any atom is -0.406 e. The summed E-state index contributed by atoms with van der Waals surface area (Å²) in [5.74, 6) is -0.764. The topological polar surface area (TPSA) is 41.6 Å². The van der Waals surface area contributed by atoms with Gasteiger partial charge in [-0.1, -0.05) is 0 Å². The van der Waals surface area contributed by atoms with E-state index in [2.05, 4.69) is 26.0 Å². The lowest BCUT2D eigenvalue weighted by Crippen LogP contribution is -2.30. The third kappa shape index (κ3) is 4.20. The van der Waals surface area contributed by atoms with Gasteiger partial charge >= 0.3 is 6.36 Å². The minimum absolute atomic E-state index is 0.149. The maximum atomic E-state index is 12.5. The molecule has 0 saturated carbocycles. The predicted molar refractivity (Wildman–Crippen MR) is 96.3 cm³/mol. The minimum atomic E-state index is -4.77. The molecule has 1 amide bonds. The number of anilines is 1. The number of carbonyl (C=O) groups excluding carboxylic acids is 1. The molecule has 1 saturated heterocycles. The third-order valence-corrected chi connectivity index (χ3v) is 5.01. The number of hydrogen-bond donors (Lipinski definition) is 1. The van der Waals surface area contributed by atoms with Gasteiger partial charge in [-0.25, -0.2) is 0 Å². The number of nitrogens with zero attached hydrogens (tertiary/aromatic N) is 1. The van der Waals surface area contributed by atoms with E-state index >= 15 is 0 Å². The zero-order chi connectivity index (χ0) is 18.2. The predicted octanol–water partition coefficient (Wildman–Crippen LogP) is 4.67. The van der Waals surface area contributed by atoms with Crippen molar-refractivity contribution in [2.45, 2.75) is 6.36 Å². The highest BCUT2D eigenvalue weighted by atomic mass is 79.9. The van der Waals surface area contributed by atoms with Crippen molar-refractivity contribution in [3.8, 4) is 5.75 Å². The number of alkyl halides is 3. The van der Waals surface area contributed by atoms with Crippen molar-refractivity contribution in [2.75, 3.05) is 4.90 Å². The molecule has 0 unspecified atom stereocenters. The second-order valence-electron chi connectivity index (χ2n) is 4.84. The van der Waals surface area contributed by atoms with Crippen LogP contribution in [0.3, 0.4) is 0 Å². The molecule has 0 aliphatic carbocycles. The molecule has 1 aromatic carbocycles. The zero-order valence-electron chi connectivity index (χ0n) is 12.1. The Morgan fingerprint density at radius 2 is 1.96 bits per heavy atom. The van der Waals surface area contributed by atoms with Gasteiger partial charge in [-0.3, -0.25) is 9.69 Å². The van der Waals surface area contributed by atoms with Crippen molar-refractivity contribution < 1.29 is 22.7 Å². The van der Waals surface area contributed by atoms with Crippen molar-refractivity contribution in [1.82, 2.24) is 5.32 Å². The van der Waals surface area contributed by atoms with Gasteiger partial charge in [0.25, 0.3) is 5.91 Å². The Balaban J connectivity index is 1.82. The third-order valence-electron chi connectivity index (χ3n) is 3.08. The smallest absolute Gasteiger partial charge is 0.406 e. The summed E-state index contributed by atoms with van der Waals surface area (Å²) in [6.07, 6.45) is -3.11. The highest BCUT2D eigenvalue weighted by Crippen LogP contribution is 2.28. The van der Waals surface area contributed by atoms with Gasteiger partial charge in [0.1, 0.15) is 11.4 Å². The van der Waals surface area contributed by atoms with Crippen LogP contribution in [0, 0.1) is 0 Å². The summed E-state index contributed by atoms with van der Waals surface area (Å²) in [5.41, 5.74) is 0.628. The Hall–Kier alpha value is -1.91. The van der Waals surface area contributed by atoms with E-state index in [1.165, 1.54) is 28.4 Å². The van der Waals surface area contributed by atoms with Gasteiger partial charge in [0.15, 0.2) is 5.11 Å². The summed E-state index contributed by atoms with van der Waals surface area (Å²) in [6.45, 7) is 0. The molecule has 3 rings (SSSR count). The van der Waals surface area contributed by atoms with Gasteiger partial charge in [0.2, 0.25) is 0 Å². The molecule has 1 aromatic heterocycles. The van der Waals surface area contributed by atoms with Crippen LogP contribution in [0.2, 0.25) is 0 Å². The van der Waals surface area contributed by atoms with E-state index in [0.717, 1.165) is 21.5 Å². The van der Waals surface area contributed by atoms with Crippen molar-refractivity contribution >= 4 is 62.3 Å². The fraction of sp³-hybridized carbons (Fsp3) is 0.0667. The number of benzene rings is 1. The number of nitrogens with one attached hydrogen (secondary N) is 1. The summed E-state index contributed by atoms with van der Waals surface area (Å²) >= 11 is 9.93. The number of thiophene rings is 1. The quantitative estimate of drug-likeness (QED) is 0.547. The molecule has 130 valence electrons. The van der Waals surface area contributed by atoms with E-state index in [0.29, 0.717) is 5.69 Å². The first-order valence-corrected chi connectivity index (χ1v) is 8.78.